The largest absolute Gasteiger partial charge is 0.482 e. The summed E-state index contributed by atoms with van der Waals surface area (Å²) in [5, 5.41) is 8.30. The third kappa shape index (κ3) is 4.15. The van der Waals surface area contributed by atoms with Crippen molar-refractivity contribution in [3.05, 3.63) is 45.2 Å². The highest BCUT2D eigenvalue weighted by Gasteiger charge is 2.30. The summed E-state index contributed by atoms with van der Waals surface area (Å²) < 4.78 is 5.67. The van der Waals surface area contributed by atoms with E-state index >= 15 is 0 Å². The van der Waals surface area contributed by atoms with Crippen molar-refractivity contribution in [2.45, 2.75) is 45.6 Å². The van der Waals surface area contributed by atoms with Crippen LogP contribution in [0, 0.1) is 13.8 Å². The molecule has 1 fully saturated rings. The molecule has 7 heteroatoms. The SMILES string of the molecule is Cc1n[nH]c(C)c1C1CCCCCN1C(=O)COc1cc(Cl)ccc1Cl. The summed E-state index contributed by atoms with van der Waals surface area (Å²) in [4.78, 5) is 14.9. The summed E-state index contributed by atoms with van der Waals surface area (Å²) in [5.41, 5.74) is 3.10. The zero-order valence-corrected chi connectivity index (χ0v) is 16.5. The number of ether oxygens (including phenoxy) is 1. The fourth-order valence-electron chi connectivity index (χ4n) is 3.57. The monoisotopic (exact) mass is 395 g/mol. The maximum atomic E-state index is 12.9. The van der Waals surface area contributed by atoms with Crippen LogP contribution in [0.3, 0.4) is 0 Å². The number of amides is 1. The number of likely N-dealkylation sites (tertiary alicyclic amines) is 1. The summed E-state index contributed by atoms with van der Waals surface area (Å²) >= 11 is 12.1. The van der Waals surface area contributed by atoms with Crippen molar-refractivity contribution >= 4 is 29.1 Å². The van der Waals surface area contributed by atoms with Crippen LogP contribution in [0.4, 0.5) is 0 Å². The van der Waals surface area contributed by atoms with Gasteiger partial charge in [0.15, 0.2) is 6.61 Å². The van der Waals surface area contributed by atoms with Crippen LogP contribution in [0.25, 0.3) is 0 Å². The Morgan fingerprint density at radius 3 is 2.85 bits per heavy atom. The van der Waals surface area contributed by atoms with E-state index in [0.29, 0.717) is 15.8 Å². The Morgan fingerprint density at radius 1 is 1.31 bits per heavy atom. The molecular formula is C19H23Cl2N3O2. The Hall–Kier alpha value is -1.72. The number of aromatic amines is 1. The maximum absolute atomic E-state index is 12.9. The van der Waals surface area contributed by atoms with E-state index in [2.05, 4.69) is 10.2 Å². The van der Waals surface area contributed by atoms with Crippen molar-refractivity contribution in [2.75, 3.05) is 13.2 Å². The smallest absolute Gasteiger partial charge is 0.261 e. The third-order valence-electron chi connectivity index (χ3n) is 4.84. The highest BCUT2D eigenvalue weighted by atomic mass is 35.5. The van der Waals surface area contributed by atoms with Crippen molar-refractivity contribution in [1.29, 1.82) is 0 Å². The van der Waals surface area contributed by atoms with Gasteiger partial charge in [-0.3, -0.25) is 9.89 Å². The molecule has 1 amide bonds. The van der Waals surface area contributed by atoms with Crippen LogP contribution in [0.1, 0.15) is 48.7 Å². The van der Waals surface area contributed by atoms with Gasteiger partial charge >= 0.3 is 0 Å². The molecule has 1 aliphatic rings. The first-order valence-electron chi connectivity index (χ1n) is 8.86. The van der Waals surface area contributed by atoms with Crippen molar-refractivity contribution in [3.63, 3.8) is 0 Å². The van der Waals surface area contributed by atoms with Crippen LogP contribution in [0.2, 0.25) is 10.0 Å². The third-order valence-corrected chi connectivity index (χ3v) is 5.38. The Labute approximate surface area is 163 Å². The average Bonchev–Trinajstić information content (AvgIpc) is 2.82. The van der Waals surface area contributed by atoms with Gasteiger partial charge in [-0.05, 0) is 38.8 Å². The first-order valence-corrected chi connectivity index (χ1v) is 9.61. The first kappa shape index (κ1) is 19.1. The Kier molecular flexibility index (Phi) is 6.09. The Morgan fingerprint density at radius 2 is 2.12 bits per heavy atom. The Balaban J connectivity index is 1.77. The number of hydrogen-bond acceptors (Lipinski definition) is 3. The first-order chi connectivity index (χ1) is 12.5. The van der Waals surface area contributed by atoms with Crippen LogP contribution < -0.4 is 4.74 Å². The van der Waals surface area contributed by atoms with Crippen molar-refractivity contribution in [1.82, 2.24) is 15.1 Å². The van der Waals surface area contributed by atoms with Gasteiger partial charge in [-0.25, -0.2) is 0 Å². The van der Waals surface area contributed by atoms with E-state index in [1.54, 1.807) is 18.2 Å². The minimum atomic E-state index is -0.0630. The van der Waals surface area contributed by atoms with Crippen LogP contribution in [-0.2, 0) is 4.79 Å². The van der Waals surface area contributed by atoms with Gasteiger partial charge in [0.25, 0.3) is 5.91 Å². The summed E-state index contributed by atoms with van der Waals surface area (Å²) in [5.74, 6) is 0.377. The number of carbonyl (C=O) groups is 1. The van der Waals surface area contributed by atoms with E-state index in [1.165, 1.54) is 0 Å². The molecule has 1 unspecified atom stereocenters. The number of halogens is 2. The average molecular weight is 396 g/mol. The second-order valence-corrected chi connectivity index (χ2v) is 7.51. The highest BCUT2D eigenvalue weighted by molar-refractivity contribution is 6.34. The van der Waals surface area contributed by atoms with E-state index in [1.807, 2.05) is 18.7 Å². The molecule has 1 aromatic heterocycles. The number of nitrogens with zero attached hydrogens (tertiary/aromatic N) is 2. The van der Waals surface area contributed by atoms with E-state index in [0.717, 1.165) is 49.2 Å². The van der Waals surface area contributed by atoms with Gasteiger partial charge < -0.3 is 9.64 Å². The molecule has 0 aliphatic carbocycles. The molecule has 0 radical (unpaired) electrons. The second-order valence-electron chi connectivity index (χ2n) is 6.66. The van der Waals surface area contributed by atoms with Gasteiger partial charge in [0.2, 0.25) is 0 Å². The highest BCUT2D eigenvalue weighted by Crippen LogP contribution is 2.33. The van der Waals surface area contributed by atoms with Crippen LogP contribution in [0.5, 0.6) is 5.75 Å². The van der Waals surface area contributed by atoms with Crippen molar-refractivity contribution in [3.8, 4) is 5.75 Å². The lowest BCUT2D eigenvalue weighted by Crippen LogP contribution is -2.38. The molecule has 3 rings (SSSR count). The number of aryl methyl sites for hydroxylation is 2. The molecular weight excluding hydrogens is 373 g/mol. The van der Waals surface area contributed by atoms with Gasteiger partial charge in [0, 0.05) is 28.9 Å². The van der Waals surface area contributed by atoms with Crippen molar-refractivity contribution < 1.29 is 9.53 Å². The van der Waals surface area contributed by atoms with Crippen molar-refractivity contribution in [2.24, 2.45) is 0 Å². The fraction of sp³-hybridized carbons (Fsp3) is 0.474. The minimum absolute atomic E-state index is 0.0298. The fourth-order valence-corrected chi connectivity index (χ4v) is 3.90. The molecule has 26 heavy (non-hydrogen) atoms. The zero-order chi connectivity index (χ0) is 18.7. The normalized spacial score (nSPS) is 17.8. The predicted molar refractivity (Wildman–Crippen MR) is 103 cm³/mol. The summed E-state index contributed by atoms with van der Waals surface area (Å²) in [7, 11) is 0. The minimum Gasteiger partial charge on any atom is -0.482 e. The quantitative estimate of drug-likeness (QED) is 0.803. The molecule has 1 aliphatic heterocycles. The molecule has 140 valence electrons. The molecule has 2 heterocycles. The lowest BCUT2D eigenvalue weighted by molar-refractivity contribution is -0.135. The number of hydrogen-bond donors (Lipinski definition) is 1. The summed E-state index contributed by atoms with van der Waals surface area (Å²) in [6.45, 7) is 4.65. The van der Waals surface area contributed by atoms with E-state index in [9.17, 15) is 4.79 Å². The second kappa shape index (κ2) is 8.31. The molecule has 2 aromatic rings. The van der Waals surface area contributed by atoms with Gasteiger partial charge in [0.1, 0.15) is 5.75 Å². The molecule has 0 bridgehead atoms. The Bertz CT molecular complexity index is 772. The standard InChI is InChI=1S/C19H23Cl2N3O2/c1-12-19(13(2)23-22-12)16-6-4-3-5-9-24(16)18(25)11-26-17-10-14(20)7-8-15(17)21/h7-8,10,16H,3-6,9,11H2,1-2H3,(H,22,23). The van der Waals surface area contributed by atoms with Crippen LogP contribution >= 0.6 is 23.2 Å². The van der Waals surface area contributed by atoms with E-state index in [4.69, 9.17) is 27.9 Å². The number of rotatable bonds is 4. The molecule has 5 nitrogen and oxygen atoms in total. The number of benzene rings is 1. The van der Waals surface area contributed by atoms with Crippen LogP contribution in [-0.4, -0.2) is 34.2 Å². The topological polar surface area (TPSA) is 58.2 Å². The molecule has 1 aromatic carbocycles. The number of carbonyl (C=O) groups excluding carboxylic acids is 1. The lowest BCUT2D eigenvalue weighted by atomic mass is 9.99. The van der Waals surface area contributed by atoms with E-state index < -0.39 is 0 Å². The van der Waals surface area contributed by atoms with E-state index in [-0.39, 0.29) is 18.6 Å². The number of aromatic nitrogens is 2. The molecule has 0 spiro atoms. The molecule has 1 saturated heterocycles. The van der Waals surface area contributed by atoms with Gasteiger partial charge in [-0.15, -0.1) is 0 Å². The number of H-pyrrole nitrogens is 1. The summed E-state index contributed by atoms with van der Waals surface area (Å²) in [6.07, 6.45) is 4.15. The van der Waals surface area contributed by atoms with Crippen LogP contribution in [0.15, 0.2) is 18.2 Å². The predicted octanol–water partition coefficient (Wildman–Crippen LogP) is 4.86. The maximum Gasteiger partial charge on any atom is 0.261 e. The summed E-state index contributed by atoms with van der Waals surface area (Å²) in [6, 6.07) is 5.01. The lowest BCUT2D eigenvalue weighted by Gasteiger charge is -2.30. The van der Waals surface area contributed by atoms with Gasteiger partial charge in [-0.2, -0.15) is 5.10 Å². The number of nitrogens with one attached hydrogen (secondary N) is 1. The van der Waals surface area contributed by atoms with Gasteiger partial charge in [-0.1, -0.05) is 36.0 Å². The van der Waals surface area contributed by atoms with Gasteiger partial charge in [0.05, 0.1) is 16.8 Å². The molecule has 0 saturated carbocycles. The molecule has 1 atom stereocenters. The molecule has 1 N–H and O–H groups in total. The zero-order valence-electron chi connectivity index (χ0n) is 15.0.